The van der Waals surface area contributed by atoms with Gasteiger partial charge in [-0.25, -0.2) is 0 Å². The Kier molecular flexibility index (Phi) is 3.71. The Bertz CT molecular complexity index is 307. The molecule has 1 amide bonds. The zero-order valence-corrected chi connectivity index (χ0v) is 8.62. The molecule has 0 aliphatic carbocycles. The van der Waals surface area contributed by atoms with Crippen LogP contribution in [0.25, 0.3) is 0 Å². The average molecular weight is 196 g/mol. The van der Waals surface area contributed by atoms with Crippen molar-refractivity contribution in [3.63, 3.8) is 0 Å². The lowest BCUT2D eigenvalue weighted by Gasteiger charge is -2.14. The normalized spacial score (nSPS) is 10.8. The second-order valence-corrected chi connectivity index (χ2v) is 3.46. The van der Waals surface area contributed by atoms with Gasteiger partial charge in [0, 0.05) is 25.1 Å². The van der Waals surface area contributed by atoms with E-state index >= 15 is 0 Å². The molecule has 0 saturated carbocycles. The van der Waals surface area contributed by atoms with Crippen molar-refractivity contribution in [2.45, 2.75) is 19.9 Å². The van der Waals surface area contributed by atoms with Gasteiger partial charge >= 0.3 is 0 Å². The minimum Gasteiger partial charge on any atom is -0.469 e. The van der Waals surface area contributed by atoms with Gasteiger partial charge < -0.3 is 15.1 Å². The number of primary amides is 1. The highest BCUT2D eigenvalue weighted by molar-refractivity contribution is 5.73. The number of carbonyl (C=O) groups excluding carboxylic acids is 1. The Morgan fingerprint density at radius 1 is 1.64 bits per heavy atom. The van der Waals surface area contributed by atoms with Crippen LogP contribution in [0.2, 0.25) is 0 Å². The lowest BCUT2D eigenvalue weighted by atomic mass is 10.2. The molecule has 1 heterocycles. The number of nitrogens with zero attached hydrogens (tertiary/aromatic N) is 1. The van der Waals surface area contributed by atoms with Crippen LogP contribution in [0.3, 0.4) is 0 Å². The Hall–Kier alpha value is -1.29. The number of hydrogen-bond acceptors (Lipinski definition) is 3. The second-order valence-electron chi connectivity index (χ2n) is 3.46. The third-order valence-electron chi connectivity index (χ3n) is 2.15. The van der Waals surface area contributed by atoms with Crippen LogP contribution in [0.1, 0.15) is 17.7 Å². The SMILES string of the molecule is Cc1occc1CN(C)CCC(N)=O. The molecule has 0 aliphatic heterocycles. The summed E-state index contributed by atoms with van der Waals surface area (Å²) in [5, 5.41) is 0. The van der Waals surface area contributed by atoms with E-state index in [1.807, 2.05) is 24.9 Å². The summed E-state index contributed by atoms with van der Waals surface area (Å²) in [5.41, 5.74) is 6.21. The third kappa shape index (κ3) is 3.22. The van der Waals surface area contributed by atoms with Gasteiger partial charge in [-0.1, -0.05) is 0 Å². The summed E-state index contributed by atoms with van der Waals surface area (Å²) in [7, 11) is 1.95. The molecule has 0 spiro atoms. The van der Waals surface area contributed by atoms with Gasteiger partial charge in [0.15, 0.2) is 0 Å². The van der Waals surface area contributed by atoms with Gasteiger partial charge in [0.1, 0.15) is 5.76 Å². The summed E-state index contributed by atoms with van der Waals surface area (Å²) >= 11 is 0. The first-order valence-corrected chi connectivity index (χ1v) is 4.59. The predicted octanol–water partition coefficient (Wildman–Crippen LogP) is 0.895. The van der Waals surface area contributed by atoms with Crippen LogP contribution in [0, 0.1) is 6.92 Å². The summed E-state index contributed by atoms with van der Waals surface area (Å²) in [6.45, 7) is 3.40. The third-order valence-corrected chi connectivity index (χ3v) is 2.15. The molecule has 1 rings (SSSR count). The number of carbonyl (C=O) groups is 1. The number of nitrogens with two attached hydrogens (primary N) is 1. The summed E-state index contributed by atoms with van der Waals surface area (Å²) in [6.07, 6.45) is 2.07. The molecule has 0 atom stereocenters. The smallest absolute Gasteiger partial charge is 0.218 e. The first-order valence-electron chi connectivity index (χ1n) is 4.59. The zero-order chi connectivity index (χ0) is 10.6. The van der Waals surface area contributed by atoms with E-state index in [1.165, 1.54) is 0 Å². The number of furan rings is 1. The fourth-order valence-corrected chi connectivity index (χ4v) is 1.25. The van der Waals surface area contributed by atoms with Crippen LogP contribution in [-0.4, -0.2) is 24.4 Å². The van der Waals surface area contributed by atoms with Crippen molar-refractivity contribution in [3.8, 4) is 0 Å². The van der Waals surface area contributed by atoms with Gasteiger partial charge in [0.25, 0.3) is 0 Å². The Morgan fingerprint density at radius 2 is 2.36 bits per heavy atom. The van der Waals surface area contributed by atoms with Gasteiger partial charge in [-0.3, -0.25) is 4.79 Å². The summed E-state index contributed by atoms with van der Waals surface area (Å²) < 4.78 is 5.17. The number of aryl methyl sites for hydroxylation is 1. The van der Waals surface area contributed by atoms with E-state index in [2.05, 4.69) is 0 Å². The molecule has 0 saturated heterocycles. The molecular formula is C10H16N2O2. The van der Waals surface area contributed by atoms with E-state index in [9.17, 15) is 4.79 Å². The molecular weight excluding hydrogens is 180 g/mol. The van der Waals surface area contributed by atoms with Gasteiger partial charge in [-0.15, -0.1) is 0 Å². The fraction of sp³-hybridized carbons (Fsp3) is 0.500. The molecule has 0 unspecified atom stereocenters. The van der Waals surface area contributed by atoms with E-state index in [4.69, 9.17) is 10.2 Å². The molecule has 1 aromatic heterocycles. The Labute approximate surface area is 83.7 Å². The molecule has 0 bridgehead atoms. The lowest BCUT2D eigenvalue weighted by Crippen LogP contribution is -2.24. The van der Waals surface area contributed by atoms with Crippen molar-refractivity contribution >= 4 is 5.91 Å². The molecule has 2 N–H and O–H groups in total. The number of hydrogen-bond donors (Lipinski definition) is 1. The quantitative estimate of drug-likeness (QED) is 0.761. The molecule has 4 heteroatoms. The highest BCUT2D eigenvalue weighted by Crippen LogP contribution is 2.10. The van der Waals surface area contributed by atoms with Crippen LogP contribution in [0.4, 0.5) is 0 Å². The van der Waals surface area contributed by atoms with Crippen LogP contribution in [0.5, 0.6) is 0 Å². The van der Waals surface area contributed by atoms with E-state index in [0.717, 1.165) is 17.9 Å². The van der Waals surface area contributed by atoms with Gasteiger partial charge in [-0.2, -0.15) is 0 Å². The van der Waals surface area contributed by atoms with Gasteiger partial charge in [0.2, 0.25) is 5.91 Å². The molecule has 0 radical (unpaired) electrons. The maximum Gasteiger partial charge on any atom is 0.218 e. The van der Waals surface area contributed by atoms with Crippen molar-refractivity contribution in [1.29, 1.82) is 0 Å². The van der Waals surface area contributed by atoms with Crippen LogP contribution in [0.15, 0.2) is 16.7 Å². The van der Waals surface area contributed by atoms with Crippen molar-refractivity contribution < 1.29 is 9.21 Å². The molecule has 1 aromatic rings. The molecule has 0 fully saturated rings. The highest BCUT2D eigenvalue weighted by Gasteiger charge is 2.06. The van der Waals surface area contributed by atoms with E-state index in [1.54, 1.807) is 6.26 Å². The zero-order valence-electron chi connectivity index (χ0n) is 8.62. The first-order chi connectivity index (χ1) is 6.59. The molecule has 14 heavy (non-hydrogen) atoms. The van der Waals surface area contributed by atoms with Crippen molar-refractivity contribution in [3.05, 3.63) is 23.7 Å². The first kappa shape index (κ1) is 10.8. The second kappa shape index (κ2) is 4.81. The number of rotatable bonds is 5. The largest absolute Gasteiger partial charge is 0.469 e. The van der Waals surface area contributed by atoms with Crippen molar-refractivity contribution in [2.24, 2.45) is 5.73 Å². The van der Waals surface area contributed by atoms with Crippen LogP contribution >= 0.6 is 0 Å². The van der Waals surface area contributed by atoms with E-state index in [-0.39, 0.29) is 5.91 Å². The van der Waals surface area contributed by atoms with Gasteiger partial charge in [0.05, 0.1) is 6.26 Å². The van der Waals surface area contributed by atoms with E-state index in [0.29, 0.717) is 13.0 Å². The Balaban J connectivity index is 2.37. The molecule has 78 valence electrons. The standard InChI is InChI=1S/C10H16N2O2/c1-8-9(4-6-14-8)7-12(2)5-3-10(11)13/h4,6H,3,5,7H2,1-2H3,(H2,11,13). The maximum absolute atomic E-state index is 10.6. The number of amides is 1. The predicted molar refractivity (Wildman–Crippen MR) is 53.6 cm³/mol. The van der Waals surface area contributed by atoms with Gasteiger partial charge in [-0.05, 0) is 20.0 Å². The monoisotopic (exact) mass is 196 g/mol. The van der Waals surface area contributed by atoms with Crippen molar-refractivity contribution in [1.82, 2.24) is 4.90 Å². The minimum atomic E-state index is -0.263. The summed E-state index contributed by atoms with van der Waals surface area (Å²) in [6, 6.07) is 1.94. The minimum absolute atomic E-state index is 0.263. The summed E-state index contributed by atoms with van der Waals surface area (Å²) in [4.78, 5) is 12.6. The molecule has 0 aromatic carbocycles. The average Bonchev–Trinajstić information content (AvgIpc) is 2.49. The summed E-state index contributed by atoms with van der Waals surface area (Å²) in [5.74, 6) is 0.664. The Morgan fingerprint density at radius 3 is 2.86 bits per heavy atom. The topological polar surface area (TPSA) is 59.5 Å². The highest BCUT2D eigenvalue weighted by atomic mass is 16.3. The molecule has 0 aliphatic rings. The molecule has 4 nitrogen and oxygen atoms in total. The van der Waals surface area contributed by atoms with Crippen LogP contribution < -0.4 is 5.73 Å². The maximum atomic E-state index is 10.6. The lowest BCUT2D eigenvalue weighted by molar-refractivity contribution is -0.118. The van der Waals surface area contributed by atoms with Crippen molar-refractivity contribution in [2.75, 3.05) is 13.6 Å². The van der Waals surface area contributed by atoms with Crippen LogP contribution in [-0.2, 0) is 11.3 Å². The van der Waals surface area contributed by atoms with E-state index < -0.39 is 0 Å². The fourth-order valence-electron chi connectivity index (χ4n) is 1.25.